The van der Waals surface area contributed by atoms with Gasteiger partial charge in [-0.15, -0.1) is 0 Å². The van der Waals surface area contributed by atoms with Gasteiger partial charge in [0, 0.05) is 15.9 Å². The normalized spacial score (nSPS) is 33.4. The zero-order valence-electron chi connectivity index (χ0n) is 25.5. The third kappa shape index (κ3) is 6.97. The van der Waals surface area contributed by atoms with Gasteiger partial charge in [0.2, 0.25) is 10.0 Å². The average Bonchev–Trinajstić information content (AvgIpc) is 3.43. The quantitative estimate of drug-likeness (QED) is 0.419. The van der Waals surface area contributed by atoms with Gasteiger partial charge in [0.1, 0.15) is 24.4 Å². The summed E-state index contributed by atoms with van der Waals surface area (Å²) in [5.74, 6) is -5.66. The van der Waals surface area contributed by atoms with Crippen LogP contribution in [0.3, 0.4) is 0 Å². The molecular formula is C29H33Br2F3N2O9S. The molecule has 0 radical (unpaired) electrons. The maximum Gasteiger partial charge on any atom is 0.471 e. The summed E-state index contributed by atoms with van der Waals surface area (Å²) in [6, 6.07) is 1.04. The second kappa shape index (κ2) is 12.2. The molecule has 2 saturated heterocycles. The van der Waals surface area contributed by atoms with Crippen molar-refractivity contribution in [3.05, 3.63) is 50.9 Å². The van der Waals surface area contributed by atoms with E-state index in [9.17, 15) is 31.2 Å². The number of amides is 1. The zero-order valence-corrected chi connectivity index (χ0v) is 29.5. The van der Waals surface area contributed by atoms with Crippen LogP contribution in [0.1, 0.15) is 40.2 Å². The molecule has 0 spiro atoms. The minimum Gasteiger partial charge on any atom is -0.457 e. The Morgan fingerprint density at radius 1 is 0.891 bits per heavy atom. The minimum atomic E-state index is -5.44. The molecule has 1 aromatic carbocycles. The molecule has 254 valence electrons. The molecule has 0 unspecified atom stereocenters. The first-order valence-corrected chi connectivity index (χ1v) is 17.3. The van der Waals surface area contributed by atoms with Gasteiger partial charge < -0.3 is 28.6 Å². The molecular weight excluding hydrogens is 769 g/mol. The summed E-state index contributed by atoms with van der Waals surface area (Å²) in [4.78, 5) is 26.1. The lowest BCUT2D eigenvalue weighted by molar-refractivity contribution is -0.198. The Balaban J connectivity index is 1.68. The Morgan fingerprint density at radius 3 is 1.91 bits per heavy atom. The van der Waals surface area contributed by atoms with E-state index >= 15 is 0 Å². The Labute approximate surface area is 281 Å². The van der Waals surface area contributed by atoms with Crippen LogP contribution in [0.2, 0.25) is 0 Å². The van der Waals surface area contributed by atoms with Crippen LogP contribution in [0.25, 0.3) is 0 Å². The molecule has 4 aliphatic rings. The van der Waals surface area contributed by atoms with Crippen LogP contribution in [-0.2, 0) is 43.3 Å². The number of ether oxygens (including phenoxy) is 5. The maximum absolute atomic E-state index is 14.5. The standard InChI is InChI=1S/C29H33Br2F3N2O9S/c1-13-7-9-15(10-8-13)46(39,40)35-20-18(11-16(30)21-24(20)44-27(3,4)42-21)36(26(38)29(32,33)34)19-12-17(31)22-25(23(19)41-14(2)37)45-28(5,6)43-22/h7-12,18-25,35H,1-6H3/t18-,19-,20+,21+,22+,23+,24-,25+/m0/s1. The number of rotatable bonds is 6. The number of carbonyl (C=O) groups is 2. The van der Waals surface area contributed by atoms with Gasteiger partial charge in [-0.2, -0.15) is 13.2 Å². The third-order valence-corrected chi connectivity index (χ3v) is 10.8. The van der Waals surface area contributed by atoms with Crippen LogP contribution in [0, 0.1) is 6.92 Å². The molecule has 11 nitrogen and oxygen atoms in total. The second-order valence-corrected chi connectivity index (χ2v) is 15.9. The number of esters is 1. The van der Waals surface area contributed by atoms with Crippen molar-refractivity contribution < 1.29 is 54.9 Å². The van der Waals surface area contributed by atoms with Crippen molar-refractivity contribution in [2.75, 3.05) is 0 Å². The van der Waals surface area contributed by atoms with Crippen LogP contribution in [0.15, 0.2) is 50.3 Å². The number of alkyl halides is 3. The highest BCUT2D eigenvalue weighted by Crippen LogP contribution is 2.46. The van der Waals surface area contributed by atoms with Gasteiger partial charge in [-0.05, 0) is 58.9 Å². The van der Waals surface area contributed by atoms with Gasteiger partial charge in [0.15, 0.2) is 17.7 Å². The van der Waals surface area contributed by atoms with Crippen molar-refractivity contribution in [1.82, 2.24) is 9.62 Å². The average molecular weight is 802 g/mol. The number of nitrogens with one attached hydrogen (secondary N) is 1. The molecule has 2 aliphatic carbocycles. The second-order valence-electron chi connectivity index (χ2n) is 12.4. The smallest absolute Gasteiger partial charge is 0.457 e. The lowest BCUT2D eigenvalue weighted by atomic mass is 9.86. The minimum absolute atomic E-state index is 0.159. The molecule has 0 saturated carbocycles. The highest BCUT2D eigenvalue weighted by Gasteiger charge is 2.60. The number of benzene rings is 1. The largest absolute Gasteiger partial charge is 0.471 e. The monoisotopic (exact) mass is 800 g/mol. The lowest BCUT2D eigenvalue weighted by Crippen LogP contribution is -2.68. The maximum atomic E-state index is 14.5. The number of carbonyl (C=O) groups excluding carboxylic acids is 2. The molecule has 17 heteroatoms. The molecule has 2 heterocycles. The fraction of sp³-hybridized carbons (Fsp3) is 0.586. The van der Waals surface area contributed by atoms with Crippen molar-refractivity contribution in [2.24, 2.45) is 0 Å². The first kappa shape index (κ1) is 35.4. The summed E-state index contributed by atoms with van der Waals surface area (Å²) >= 11 is 6.73. The van der Waals surface area contributed by atoms with Gasteiger partial charge >= 0.3 is 18.1 Å². The van der Waals surface area contributed by atoms with E-state index in [1.165, 1.54) is 24.3 Å². The zero-order chi connectivity index (χ0) is 34.1. The Hall–Kier alpha value is -1.86. The molecule has 46 heavy (non-hydrogen) atoms. The lowest BCUT2D eigenvalue weighted by Gasteiger charge is -2.47. The molecule has 1 N–H and O–H groups in total. The van der Waals surface area contributed by atoms with E-state index in [0.717, 1.165) is 12.5 Å². The number of halogens is 5. The van der Waals surface area contributed by atoms with Crippen LogP contribution in [0.5, 0.6) is 0 Å². The van der Waals surface area contributed by atoms with Gasteiger partial charge in [-0.25, -0.2) is 13.1 Å². The van der Waals surface area contributed by atoms with Crippen molar-refractivity contribution in [2.45, 2.75) is 113 Å². The number of fused-ring (bicyclic) bond motifs is 2. The van der Waals surface area contributed by atoms with Crippen LogP contribution >= 0.6 is 31.9 Å². The Bertz CT molecular complexity index is 1570. The van der Waals surface area contributed by atoms with Gasteiger partial charge in [-0.3, -0.25) is 9.59 Å². The summed E-state index contributed by atoms with van der Waals surface area (Å²) in [5.41, 5.74) is 0.781. The van der Waals surface area contributed by atoms with Crippen LogP contribution in [-0.4, -0.2) is 91.6 Å². The van der Waals surface area contributed by atoms with E-state index in [0.29, 0.717) is 4.90 Å². The number of nitrogens with zero attached hydrogens (tertiary/aromatic N) is 1. The number of sulfonamides is 1. The van der Waals surface area contributed by atoms with E-state index in [1.54, 1.807) is 46.8 Å². The summed E-state index contributed by atoms with van der Waals surface area (Å²) in [6.07, 6.45) is -8.53. The van der Waals surface area contributed by atoms with Gasteiger partial charge in [0.25, 0.3) is 0 Å². The van der Waals surface area contributed by atoms with Crippen LogP contribution in [0.4, 0.5) is 13.2 Å². The predicted octanol–water partition coefficient (Wildman–Crippen LogP) is 4.33. The number of hydrogen-bond acceptors (Lipinski definition) is 9. The van der Waals surface area contributed by atoms with Crippen LogP contribution < -0.4 is 4.72 Å². The van der Waals surface area contributed by atoms with Crippen molar-refractivity contribution in [1.29, 1.82) is 0 Å². The third-order valence-electron chi connectivity index (χ3n) is 7.89. The summed E-state index contributed by atoms with van der Waals surface area (Å²) in [7, 11) is -4.41. The van der Waals surface area contributed by atoms with Gasteiger partial charge in [0.05, 0.1) is 23.0 Å². The number of aryl methyl sites for hydroxylation is 1. The Morgan fingerprint density at radius 2 is 1.39 bits per heavy atom. The molecule has 0 bridgehead atoms. The van der Waals surface area contributed by atoms with E-state index in [2.05, 4.69) is 36.6 Å². The van der Waals surface area contributed by atoms with Crippen molar-refractivity contribution >= 4 is 53.8 Å². The predicted molar refractivity (Wildman–Crippen MR) is 163 cm³/mol. The molecule has 2 aliphatic heterocycles. The summed E-state index contributed by atoms with van der Waals surface area (Å²) in [5, 5.41) is 0. The highest BCUT2D eigenvalue weighted by atomic mass is 79.9. The fourth-order valence-corrected chi connectivity index (χ4v) is 8.66. The van der Waals surface area contributed by atoms with E-state index in [1.807, 2.05) is 0 Å². The first-order valence-electron chi connectivity index (χ1n) is 14.2. The van der Waals surface area contributed by atoms with Crippen molar-refractivity contribution in [3.63, 3.8) is 0 Å². The van der Waals surface area contributed by atoms with E-state index < -0.39 is 88.3 Å². The number of hydrogen-bond donors (Lipinski definition) is 1. The summed E-state index contributed by atoms with van der Waals surface area (Å²) < 4.78 is 104. The van der Waals surface area contributed by atoms with Crippen molar-refractivity contribution in [3.8, 4) is 0 Å². The summed E-state index contributed by atoms with van der Waals surface area (Å²) in [6.45, 7) is 9.15. The van der Waals surface area contributed by atoms with E-state index in [4.69, 9.17) is 23.7 Å². The Kier molecular flexibility index (Phi) is 9.43. The SMILES string of the molecule is CC(=O)O[C@H]1[C@@H]2OC(C)(C)O[C@@H]2C(Br)=C[C@@H]1N(C(=O)C(F)(F)F)[C@H]1C=C(Br)[C@H]2OC(C)(C)O[C@H]2[C@@H]1NS(=O)(=O)c1ccc(C)cc1. The van der Waals surface area contributed by atoms with Gasteiger partial charge in [-0.1, -0.05) is 49.6 Å². The molecule has 8 atom stereocenters. The molecule has 5 rings (SSSR count). The molecule has 1 aromatic rings. The highest BCUT2D eigenvalue weighted by molar-refractivity contribution is 9.12. The first-order chi connectivity index (χ1) is 21.1. The molecule has 1 amide bonds. The van der Waals surface area contributed by atoms with E-state index in [-0.39, 0.29) is 13.9 Å². The molecule has 0 aromatic heterocycles. The molecule has 2 fully saturated rings. The topological polar surface area (TPSA) is 130 Å². The fourth-order valence-electron chi connectivity index (χ4n) is 6.15.